The monoisotopic (exact) mass is 438 g/mol. The number of amides is 1. The molecule has 0 radical (unpaired) electrons. The summed E-state index contributed by atoms with van der Waals surface area (Å²) in [4.78, 5) is 22.8. The van der Waals surface area contributed by atoms with Crippen LogP contribution >= 0.6 is 11.6 Å². The van der Waals surface area contributed by atoms with E-state index in [1.54, 1.807) is 21.8 Å². The molecule has 1 aliphatic rings. The Labute approximate surface area is 182 Å². The molecular formula is C22H20ClFN6O. The van der Waals surface area contributed by atoms with Gasteiger partial charge in [-0.25, -0.2) is 14.1 Å². The van der Waals surface area contributed by atoms with Crippen LogP contribution in [0.15, 0.2) is 48.7 Å². The van der Waals surface area contributed by atoms with Crippen molar-refractivity contribution in [3.63, 3.8) is 0 Å². The normalized spacial score (nSPS) is 16.7. The molecule has 1 atom stereocenters. The number of rotatable bonds is 4. The number of benzene rings is 2. The zero-order chi connectivity index (χ0) is 21.4. The van der Waals surface area contributed by atoms with Gasteiger partial charge < -0.3 is 9.88 Å². The van der Waals surface area contributed by atoms with Crippen LogP contribution in [-0.2, 0) is 6.54 Å². The van der Waals surface area contributed by atoms with Crippen LogP contribution < -0.4 is 0 Å². The zero-order valence-corrected chi connectivity index (χ0v) is 17.4. The van der Waals surface area contributed by atoms with E-state index in [0.29, 0.717) is 40.7 Å². The Morgan fingerprint density at radius 1 is 1.19 bits per heavy atom. The Hall–Kier alpha value is -3.26. The summed E-state index contributed by atoms with van der Waals surface area (Å²) in [6, 6.07) is 11.7. The van der Waals surface area contributed by atoms with E-state index < -0.39 is 0 Å². The maximum absolute atomic E-state index is 13.6. The van der Waals surface area contributed by atoms with E-state index in [4.69, 9.17) is 11.6 Å². The van der Waals surface area contributed by atoms with Crippen molar-refractivity contribution in [3.8, 4) is 0 Å². The lowest BCUT2D eigenvalue weighted by Gasteiger charge is -2.33. The van der Waals surface area contributed by atoms with Crippen molar-refractivity contribution in [3.05, 3.63) is 76.6 Å². The Kier molecular flexibility index (Phi) is 5.15. The molecule has 1 aliphatic heterocycles. The number of aromatic nitrogens is 5. The van der Waals surface area contributed by atoms with Crippen LogP contribution in [-0.4, -0.2) is 42.3 Å². The predicted molar refractivity (Wildman–Crippen MR) is 114 cm³/mol. The number of carbonyl (C=O) groups excluding carboxylic acids is 1. The molecule has 1 N–H and O–H groups in total. The molecule has 7 nitrogen and oxygen atoms in total. The minimum absolute atomic E-state index is 0.182. The van der Waals surface area contributed by atoms with Gasteiger partial charge in [-0.1, -0.05) is 28.9 Å². The average molecular weight is 439 g/mol. The first-order valence-corrected chi connectivity index (χ1v) is 10.6. The molecule has 0 spiro atoms. The zero-order valence-electron chi connectivity index (χ0n) is 16.6. The number of fused-ring (bicyclic) bond motifs is 1. The van der Waals surface area contributed by atoms with Crippen molar-refractivity contribution < 1.29 is 9.18 Å². The fourth-order valence-electron chi connectivity index (χ4n) is 4.02. The van der Waals surface area contributed by atoms with Crippen LogP contribution in [0.2, 0.25) is 5.02 Å². The number of carbonyl (C=O) groups is 1. The summed E-state index contributed by atoms with van der Waals surface area (Å²) in [5.41, 5.74) is 2.62. The molecule has 1 unspecified atom stereocenters. The Balaban J connectivity index is 1.37. The number of halogens is 2. The summed E-state index contributed by atoms with van der Waals surface area (Å²) in [5, 5.41) is 8.89. The van der Waals surface area contributed by atoms with Crippen molar-refractivity contribution in [1.29, 1.82) is 0 Å². The maximum atomic E-state index is 13.6. The molecule has 2 aromatic heterocycles. The molecule has 0 aliphatic carbocycles. The van der Waals surface area contributed by atoms with Gasteiger partial charge in [0.2, 0.25) is 0 Å². The molecule has 158 valence electrons. The van der Waals surface area contributed by atoms with E-state index in [1.807, 2.05) is 24.3 Å². The van der Waals surface area contributed by atoms with Gasteiger partial charge in [0.05, 0.1) is 29.8 Å². The number of aromatic amines is 1. The highest BCUT2D eigenvalue weighted by Gasteiger charge is 2.32. The molecule has 9 heteroatoms. The van der Waals surface area contributed by atoms with Crippen LogP contribution in [0, 0.1) is 5.82 Å². The van der Waals surface area contributed by atoms with E-state index in [9.17, 15) is 9.18 Å². The summed E-state index contributed by atoms with van der Waals surface area (Å²) >= 11 is 5.93. The third-order valence-electron chi connectivity index (χ3n) is 5.56. The Morgan fingerprint density at radius 2 is 2.03 bits per heavy atom. The molecule has 0 bridgehead atoms. The lowest BCUT2D eigenvalue weighted by molar-refractivity contribution is 0.0595. The van der Waals surface area contributed by atoms with Gasteiger partial charge in [-0.15, -0.1) is 5.10 Å². The van der Waals surface area contributed by atoms with Gasteiger partial charge in [0.25, 0.3) is 5.91 Å². The molecule has 2 aromatic carbocycles. The molecule has 3 heterocycles. The largest absolute Gasteiger partial charge is 0.340 e. The maximum Gasteiger partial charge on any atom is 0.276 e. The number of hydrogen-bond acceptors (Lipinski definition) is 4. The lowest BCUT2D eigenvalue weighted by atomic mass is 10.0. The van der Waals surface area contributed by atoms with Crippen molar-refractivity contribution in [2.75, 3.05) is 6.54 Å². The topological polar surface area (TPSA) is 79.7 Å². The van der Waals surface area contributed by atoms with Gasteiger partial charge in [-0.05, 0) is 55.2 Å². The fourth-order valence-corrected chi connectivity index (χ4v) is 4.14. The van der Waals surface area contributed by atoms with Crippen LogP contribution in [0.25, 0.3) is 11.0 Å². The van der Waals surface area contributed by atoms with Crippen LogP contribution in [0.1, 0.15) is 47.2 Å². The Morgan fingerprint density at radius 3 is 2.87 bits per heavy atom. The molecule has 31 heavy (non-hydrogen) atoms. The van der Waals surface area contributed by atoms with E-state index in [1.165, 1.54) is 12.1 Å². The molecule has 1 amide bonds. The van der Waals surface area contributed by atoms with Crippen molar-refractivity contribution >= 4 is 28.5 Å². The highest BCUT2D eigenvalue weighted by molar-refractivity contribution is 6.30. The molecule has 5 rings (SSSR count). The van der Waals surface area contributed by atoms with Crippen LogP contribution in [0.5, 0.6) is 0 Å². The van der Waals surface area contributed by atoms with E-state index >= 15 is 0 Å². The van der Waals surface area contributed by atoms with Gasteiger partial charge in [-0.2, -0.15) is 0 Å². The summed E-state index contributed by atoms with van der Waals surface area (Å²) in [6.45, 7) is 1.11. The van der Waals surface area contributed by atoms with E-state index in [2.05, 4.69) is 20.3 Å². The quantitative estimate of drug-likeness (QED) is 0.513. The summed E-state index contributed by atoms with van der Waals surface area (Å²) in [6.07, 6.45) is 4.35. The van der Waals surface area contributed by atoms with Crippen LogP contribution in [0.3, 0.4) is 0 Å². The lowest BCUT2D eigenvalue weighted by Crippen LogP contribution is -2.39. The van der Waals surface area contributed by atoms with Gasteiger partial charge >= 0.3 is 0 Å². The van der Waals surface area contributed by atoms with Crippen LogP contribution in [0.4, 0.5) is 4.39 Å². The number of H-pyrrole nitrogens is 1. The van der Waals surface area contributed by atoms with E-state index in [-0.39, 0.29) is 17.8 Å². The number of likely N-dealkylation sites (tertiary alicyclic amines) is 1. The van der Waals surface area contributed by atoms with Gasteiger partial charge in [0.15, 0.2) is 5.69 Å². The standard InChI is InChI=1S/C22H20ClFN6O/c23-15-6-4-14(5-7-15)12-29-13-19(27-28-29)22(31)30-10-2-1-3-20(30)21-25-17-9-8-16(24)11-18(17)26-21/h4-9,11,13,20H,1-3,10,12H2,(H,25,26). The van der Waals surface area contributed by atoms with E-state index in [0.717, 1.165) is 24.8 Å². The second-order valence-corrected chi connectivity index (χ2v) is 8.16. The van der Waals surface area contributed by atoms with Gasteiger partial charge in [0.1, 0.15) is 11.6 Å². The highest BCUT2D eigenvalue weighted by atomic mass is 35.5. The molecule has 1 saturated heterocycles. The Bertz CT molecular complexity index is 1230. The summed E-state index contributed by atoms with van der Waals surface area (Å²) in [7, 11) is 0. The second kappa shape index (κ2) is 8.11. The molecule has 4 aromatic rings. The first-order valence-electron chi connectivity index (χ1n) is 10.2. The molecule has 0 saturated carbocycles. The smallest absolute Gasteiger partial charge is 0.276 e. The molecule has 1 fully saturated rings. The first kappa shape index (κ1) is 19.7. The molecular weight excluding hydrogens is 419 g/mol. The van der Waals surface area contributed by atoms with Crippen molar-refractivity contribution in [2.45, 2.75) is 31.8 Å². The minimum Gasteiger partial charge on any atom is -0.340 e. The number of piperidine rings is 1. The first-order chi connectivity index (χ1) is 15.1. The third-order valence-corrected chi connectivity index (χ3v) is 5.81. The number of imidazole rings is 1. The van der Waals surface area contributed by atoms with Gasteiger partial charge in [0, 0.05) is 11.6 Å². The van der Waals surface area contributed by atoms with Crippen molar-refractivity contribution in [2.24, 2.45) is 0 Å². The third kappa shape index (κ3) is 4.03. The van der Waals surface area contributed by atoms with Crippen molar-refractivity contribution in [1.82, 2.24) is 29.9 Å². The average Bonchev–Trinajstić information content (AvgIpc) is 3.41. The highest BCUT2D eigenvalue weighted by Crippen LogP contribution is 2.31. The number of hydrogen-bond donors (Lipinski definition) is 1. The SMILES string of the molecule is O=C(c1cn(Cc2ccc(Cl)cc2)nn1)N1CCCCC1c1nc2ccc(F)cc2[nH]1. The minimum atomic E-state index is -0.323. The fraction of sp³-hybridized carbons (Fsp3) is 0.273. The predicted octanol–water partition coefficient (Wildman–Crippen LogP) is 4.36. The van der Waals surface area contributed by atoms with Gasteiger partial charge in [-0.3, -0.25) is 4.79 Å². The number of nitrogens with one attached hydrogen (secondary N) is 1. The summed E-state index contributed by atoms with van der Waals surface area (Å²) in [5.74, 6) is 0.164. The second-order valence-electron chi connectivity index (χ2n) is 7.72. The summed E-state index contributed by atoms with van der Waals surface area (Å²) < 4.78 is 15.2. The number of nitrogens with zero attached hydrogens (tertiary/aromatic N) is 5.